The van der Waals surface area contributed by atoms with Crippen LogP contribution >= 0.6 is 22.6 Å². The van der Waals surface area contributed by atoms with Gasteiger partial charge in [-0.15, -0.1) is 0 Å². The van der Waals surface area contributed by atoms with Crippen LogP contribution in [-0.2, 0) is 11.4 Å². The van der Waals surface area contributed by atoms with Crippen molar-refractivity contribution >= 4 is 51.7 Å². The van der Waals surface area contributed by atoms with E-state index in [9.17, 15) is 14.9 Å². The molecule has 0 aromatic heterocycles. The number of hydrazone groups is 1. The lowest BCUT2D eigenvalue weighted by Crippen LogP contribution is -2.21. The van der Waals surface area contributed by atoms with Crippen LogP contribution in [0.4, 0.5) is 11.4 Å². The molecule has 0 saturated heterocycles. The Balaban J connectivity index is 1.49. The van der Waals surface area contributed by atoms with E-state index >= 15 is 0 Å². The first kappa shape index (κ1) is 21.7. The van der Waals surface area contributed by atoms with Crippen molar-refractivity contribution in [2.75, 3.05) is 5.01 Å². The van der Waals surface area contributed by atoms with Crippen LogP contribution in [0, 0.1) is 13.7 Å². The number of anilines is 1. The highest BCUT2D eigenvalue weighted by atomic mass is 127. The van der Waals surface area contributed by atoms with Crippen molar-refractivity contribution in [1.29, 1.82) is 0 Å². The zero-order valence-corrected chi connectivity index (χ0v) is 19.2. The second kappa shape index (κ2) is 9.31. The first-order chi connectivity index (χ1) is 15.4. The highest BCUT2D eigenvalue weighted by Gasteiger charge is 2.28. The molecule has 0 aliphatic carbocycles. The summed E-state index contributed by atoms with van der Waals surface area (Å²) in [6.45, 7) is 2.03. The van der Waals surface area contributed by atoms with E-state index in [4.69, 9.17) is 4.74 Å². The lowest BCUT2D eigenvalue weighted by molar-refractivity contribution is -0.384. The summed E-state index contributed by atoms with van der Waals surface area (Å²) in [5.41, 5.74) is 3.51. The Kier molecular flexibility index (Phi) is 6.31. The summed E-state index contributed by atoms with van der Waals surface area (Å²) in [5.74, 6) is 0.489. The van der Waals surface area contributed by atoms with Crippen LogP contribution in [0.25, 0.3) is 6.08 Å². The van der Waals surface area contributed by atoms with Gasteiger partial charge in [-0.2, -0.15) is 10.1 Å². The van der Waals surface area contributed by atoms with Crippen molar-refractivity contribution in [2.45, 2.75) is 13.5 Å². The molecular formula is C24H18IN3O4. The molecule has 3 aromatic rings. The number of carbonyl (C=O) groups is 1. The van der Waals surface area contributed by atoms with E-state index in [0.717, 1.165) is 14.8 Å². The number of nitrogens with zero attached hydrogens (tertiary/aromatic N) is 3. The lowest BCUT2D eigenvalue weighted by Gasteiger charge is -2.11. The molecule has 1 aliphatic rings. The molecule has 0 spiro atoms. The summed E-state index contributed by atoms with van der Waals surface area (Å²) < 4.78 is 6.71. The molecule has 3 aromatic carbocycles. The molecule has 0 bridgehead atoms. The van der Waals surface area contributed by atoms with Crippen molar-refractivity contribution in [3.05, 3.63) is 103 Å². The van der Waals surface area contributed by atoms with Crippen molar-refractivity contribution < 1.29 is 14.5 Å². The zero-order valence-electron chi connectivity index (χ0n) is 17.1. The summed E-state index contributed by atoms with van der Waals surface area (Å²) in [4.78, 5) is 23.4. The maximum Gasteiger partial charge on any atom is 0.280 e. The molecule has 1 aliphatic heterocycles. The van der Waals surface area contributed by atoms with Gasteiger partial charge in [0.05, 0.1) is 25.5 Å². The van der Waals surface area contributed by atoms with E-state index in [0.29, 0.717) is 22.6 Å². The van der Waals surface area contributed by atoms with Crippen molar-refractivity contribution in [3.8, 4) is 5.75 Å². The molecule has 0 saturated carbocycles. The van der Waals surface area contributed by atoms with Crippen LogP contribution in [-0.4, -0.2) is 16.5 Å². The van der Waals surface area contributed by atoms with Gasteiger partial charge in [0, 0.05) is 12.1 Å². The molecule has 0 atom stereocenters. The third kappa shape index (κ3) is 4.70. The third-order valence-corrected chi connectivity index (χ3v) is 5.69. The summed E-state index contributed by atoms with van der Waals surface area (Å²) in [6, 6.07) is 21.3. The number of non-ortho nitro benzene ring substituents is 1. The quantitative estimate of drug-likeness (QED) is 0.177. The number of halogens is 1. The van der Waals surface area contributed by atoms with Crippen molar-refractivity contribution in [2.24, 2.45) is 5.10 Å². The van der Waals surface area contributed by atoms with E-state index in [2.05, 4.69) is 27.7 Å². The van der Waals surface area contributed by atoms with Gasteiger partial charge in [0.1, 0.15) is 12.4 Å². The largest absolute Gasteiger partial charge is 0.488 e. The fourth-order valence-electron chi connectivity index (χ4n) is 3.24. The van der Waals surface area contributed by atoms with E-state index in [1.54, 1.807) is 12.1 Å². The number of rotatable bonds is 6. The molecule has 32 heavy (non-hydrogen) atoms. The minimum Gasteiger partial charge on any atom is -0.488 e. The van der Waals surface area contributed by atoms with E-state index in [-0.39, 0.29) is 18.2 Å². The maximum atomic E-state index is 12.9. The Morgan fingerprint density at radius 1 is 1.09 bits per heavy atom. The predicted octanol–water partition coefficient (Wildman–Crippen LogP) is 5.58. The van der Waals surface area contributed by atoms with Gasteiger partial charge in [-0.3, -0.25) is 14.9 Å². The molecular weight excluding hydrogens is 521 g/mol. The molecule has 1 heterocycles. The molecule has 0 unspecified atom stereocenters. The number of hydrogen-bond acceptors (Lipinski definition) is 5. The van der Waals surface area contributed by atoms with Crippen LogP contribution in [0.3, 0.4) is 0 Å². The molecule has 0 N–H and O–H groups in total. The van der Waals surface area contributed by atoms with Gasteiger partial charge in [-0.25, -0.2) is 0 Å². The van der Waals surface area contributed by atoms with E-state index in [1.165, 1.54) is 17.1 Å². The van der Waals surface area contributed by atoms with Crippen LogP contribution < -0.4 is 9.75 Å². The smallest absolute Gasteiger partial charge is 0.280 e. The highest BCUT2D eigenvalue weighted by Crippen LogP contribution is 2.28. The fourth-order valence-corrected chi connectivity index (χ4v) is 3.94. The minimum absolute atomic E-state index is 0.0329. The van der Waals surface area contributed by atoms with E-state index in [1.807, 2.05) is 61.5 Å². The van der Waals surface area contributed by atoms with Crippen molar-refractivity contribution in [1.82, 2.24) is 0 Å². The first-order valence-electron chi connectivity index (χ1n) is 9.75. The molecule has 0 radical (unpaired) electrons. The fraction of sp³-hybridized carbons (Fsp3) is 0.0833. The molecule has 1 amide bonds. The number of benzene rings is 3. The first-order valence-corrected chi connectivity index (χ1v) is 10.8. The van der Waals surface area contributed by atoms with Gasteiger partial charge in [-0.05, 0) is 71.0 Å². The number of carbonyl (C=O) groups excluding carboxylic acids is 1. The minimum atomic E-state index is -0.427. The van der Waals surface area contributed by atoms with Gasteiger partial charge in [0.2, 0.25) is 0 Å². The molecule has 7 nitrogen and oxygen atoms in total. The number of nitro groups is 1. The topological polar surface area (TPSA) is 85.0 Å². The summed E-state index contributed by atoms with van der Waals surface area (Å²) in [6.07, 6.45) is 1.82. The Morgan fingerprint density at radius 3 is 2.59 bits per heavy atom. The number of hydrogen-bond donors (Lipinski definition) is 0. The standard InChI is InChI=1S/C24H18IN3O4/c1-16-21(24(29)27(26-16)19-7-3-2-4-8-19)13-17-10-11-23(22(25)14-17)32-15-18-6-5-9-20(12-18)28(30)31/h2-14H,15H2,1H3/b21-13+. The van der Waals surface area contributed by atoms with Gasteiger partial charge >= 0.3 is 0 Å². The molecule has 8 heteroatoms. The average molecular weight is 539 g/mol. The summed E-state index contributed by atoms with van der Waals surface area (Å²) in [5, 5.41) is 16.7. The normalized spacial score (nSPS) is 14.6. The van der Waals surface area contributed by atoms with Crippen LogP contribution in [0.15, 0.2) is 83.5 Å². The zero-order chi connectivity index (χ0) is 22.7. The molecule has 160 valence electrons. The van der Waals surface area contributed by atoms with Crippen molar-refractivity contribution in [3.63, 3.8) is 0 Å². The van der Waals surface area contributed by atoms with Crippen LogP contribution in [0.1, 0.15) is 18.1 Å². The Hall–Kier alpha value is -3.53. The predicted molar refractivity (Wildman–Crippen MR) is 132 cm³/mol. The second-order valence-electron chi connectivity index (χ2n) is 7.10. The van der Waals surface area contributed by atoms with Crippen LogP contribution in [0.5, 0.6) is 5.75 Å². The lowest BCUT2D eigenvalue weighted by atomic mass is 10.1. The Bertz CT molecular complexity index is 1260. The molecule has 4 rings (SSSR count). The van der Waals surface area contributed by atoms with Gasteiger partial charge in [0.15, 0.2) is 0 Å². The third-order valence-electron chi connectivity index (χ3n) is 4.85. The van der Waals surface area contributed by atoms with Gasteiger partial charge in [-0.1, -0.05) is 36.4 Å². The Morgan fingerprint density at radius 2 is 1.88 bits per heavy atom. The van der Waals surface area contributed by atoms with Crippen LogP contribution in [0.2, 0.25) is 0 Å². The average Bonchev–Trinajstić information content (AvgIpc) is 3.07. The highest BCUT2D eigenvalue weighted by molar-refractivity contribution is 14.1. The number of para-hydroxylation sites is 1. The maximum absolute atomic E-state index is 12.9. The van der Waals surface area contributed by atoms with Gasteiger partial charge < -0.3 is 4.74 Å². The number of amides is 1. The van der Waals surface area contributed by atoms with Gasteiger partial charge in [0.25, 0.3) is 11.6 Å². The molecule has 0 fully saturated rings. The summed E-state index contributed by atoms with van der Waals surface area (Å²) in [7, 11) is 0. The SMILES string of the molecule is CC1=NN(c2ccccc2)C(=O)/C1=C/c1ccc(OCc2cccc([N+](=O)[O-])c2)c(I)c1. The van der Waals surface area contributed by atoms with E-state index < -0.39 is 4.92 Å². The number of nitro benzene ring substituents is 1. The monoisotopic (exact) mass is 539 g/mol. The Labute approximate surface area is 198 Å². The number of ether oxygens (including phenoxy) is 1. The summed E-state index contributed by atoms with van der Waals surface area (Å²) >= 11 is 2.17. The second-order valence-corrected chi connectivity index (χ2v) is 8.26.